The molecule has 0 aromatic rings. The summed E-state index contributed by atoms with van der Waals surface area (Å²) in [7, 11) is 0. The second-order valence-electron chi connectivity index (χ2n) is 8.70. The van der Waals surface area contributed by atoms with Crippen molar-refractivity contribution >= 4 is 5.97 Å². The van der Waals surface area contributed by atoms with Crippen molar-refractivity contribution in [3.63, 3.8) is 0 Å². The highest BCUT2D eigenvalue weighted by Gasteiger charge is 2.30. The molecule has 0 unspecified atom stereocenters. The smallest absolute Gasteiger partial charge is 0.303 e. The van der Waals surface area contributed by atoms with Gasteiger partial charge in [0, 0.05) is 6.42 Å². The molecule has 24 heavy (non-hydrogen) atoms. The van der Waals surface area contributed by atoms with Crippen molar-refractivity contribution in [3.8, 4) is 0 Å². The van der Waals surface area contributed by atoms with Crippen LogP contribution in [0.1, 0.15) is 110 Å². The second-order valence-corrected chi connectivity index (χ2v) is 8.70. The summed E-state index contributed by atoms with van der Waals surface area (Å²) in [5.41, 5.74) is 0. The molecule has 2 saturated carbocycles. The van der Waals surface area contributed by atoms with Gasteiger partial charge in [-0.1, -0.05) is 71.1 Å². The van der Waals surface area contributed by atoms with Gasteiger partial charge < -0.3 is 5.11 Å². The van der Waals surface area contributed by atoms with E-state index in [-0.39, 0.29) is 0 Å². The Morgan fingerprint density at radius 3 is 1.75 bits per heavy atom. The molecule has 1 N–H and O–H groups in total. The summed E-state index contributed by atoms with van der Waals surface area (Å²) < 4.78 is 0. The van der Waals surface area contributed by atoms with Crippen molar-refractivity contribution in [3.05, 3.63) is 0 Å². The molecular weight excluding hydrogens is 296 g/mol. The molecule has 0 spiro atoms. The summed E-state index contributed by atoms with van der Waals surface area (Å²) in [6.07, 6.45) is 21.1. The van der Waals surface area contributed by atoms with Crippen LogP contribution in [0.4, 0.5) is 0 Å². The molecule has 0 heterocycles. The van der Waals surface area contributed by atoms with Crippen LogP contribution in [0.2, 0.25) is 0 Å². The van der Waals surface area contributed by atoms with E-state index in [0.717, 1.165) is 24.2 Å². The van der Waals surface area contributed by atoms with Gasteiger partial charge in [-0.15, -0.1) is 0 Å². The highest BCUT2D eigenvalue weighted by atomic mass is 16.4. The number of rotatable bonds is 10. The van der Waals surface area contributed by atoms with E-state index < -0.39 is 5.97 Å². The molecule has 0 bridgehead atoms. The van der Waals surface area contributed by atoms with Gasteiger partial charge in [0.1, 0.15) is 0 Å². The molecule has 0 aromatic heterocycles. The predicted octanol–water partition coefficient (Wildman–Crippen LogP) is 6.82. The van der Waals surface area contributed by atoms with Crippen molar-refractivity contribution in [1.29, 1.82) is 0 Å². The van der Waals surface area contributed by atoms with Gasteiger partial charge in [-0.05, 0) is 55.8 Å². The summed E-state index contributed by atoms with van der Waals surface area (Å²) in [4.78, 5) is 10.7. The minimum atomic E-state index is -0.620. The number of hydrogen-bond acceptors (Lipinski definition) is 1. The lowest BCUT2D eigenvalue weighted by Gasteiger charge is -2.38. The molecule has 0 saturated heterocycles. The van der Waals surface area contributed by atoms with Crippen LogP contribution < -0.4 is 0 Å². The third-order valence-electron chi connectivity index (χ3n) is 6.93. The quantitative estimate of drug-likeness (QED) is 0.444. The lowest BCUT2D eigenvalue weighted by Crippen LogP contribution is -2.26. The first kappa shape index (κ1) is 19.8. The van der Waals surface area contributed by atoms with Gasteiger partial charge in [0.25, 0.3) is 0 Å². The predicted molar refractivity (Wildman–Crippen MR) is 101 cm³/mol. The molecule has 2 rings (SSSR count). The zero-order valence-corrected chi connectivity index (χ0v) is 16.0. The largest absolute Gasteiger partial charge is 0.481 e. The fraction of sp³-hybridized carbons (Fsp3) is 0.955. The maximum absolute atomic E-state index is 10.7. The normalized spacial score (nSPS) is 31.0. The van der Waals surface area contributed by atoms with Crippen LogP contribution in [0.3, 0.4) is 0 Å². The van der Waals surface area contributed by atoms with Crippen molar-refractivity contribution in [2.75, 3.05) is 0 Å². The summed E-state index contributed by atoms with van der Waals surface area (Å²) in [6, 6.07) is 0. The van der Waals surface area contributed by atoms with E-state index in [4.69, 9.17) is 5.11 Å². The van der Waals surface area contributed by atoms with E-state index in [2.05, 4.69) is 6.92 Å². The molecule has 140 valence electrons. The average molecular weight is 337 g/mol. The van der Waals surface area contributed by atoms with Gasteiger partial charge in [-0.3, -0.25) is 4.79 Å². The first-order valence-corrected chi connectivity index (χ1v) is 10.9. The Hall–Kier alpha value is -0.530. The second kappa shape index (κ2) is 11.2. The van der Waals surface area contributed by atoms with Crippen LogP contribution in [-0.2, 0) is 4.79 Å². The summed E-state index contributed by atoms with van der Waals surface area (Å²) in [5, 5.41) is 8.83. The first-order chi connectivity index (χ1) is 11.7. The molecule has 2 fully saturated rings. The third-order valence-corrected chi connectivity index (χ3v) is 6.93. The number of hydrogen-bond donors (Lipinski definition) is 1. The van der Waals surface area contributed by atoms with Crippen LogP contribution in [0.5, 0.6) is 0 Å². The first-order valence-electron chi connectivity index (χ1n) is 10.9. The Morgan fingerprint density at radius 2 is 1.25 bits per heavy atom. The maximum atomic E-state index is 10.7. The molecule has 2 nitrogen and oxygen atoms in total. The minimum absolute atomic E-state index is 0.374. The van der Waals surface area contributed by atoms with E-state index in [1.54, 1.807) is 0 Å². The maximum Gasteiger partial charge on any atom is 0.303 e. The highest BCUT2D eigenvalue weighted by molar-refractivity contribution is 5.66. The standard InChI is InChI=1S/C22H40O2/c1-2-3-4-5-6-7-18-8-13-20(14-9-18)21-15-10-19(11-16-21)12-17-22(23)24/h18-21H,2-17H2,1H3,(H,23,24)/t18-,19?,20-,21?. The van der Waals surface area contributed by atoms with Crippen molar-refractivity contribution < 1.29 is 9.90 Å². The Labute approximate surface area is 149 Å². The zero-order chi connectivity index (χ0) is 17.2. The minimum Gasteiger partial charge on any atom is -0.481 e. The summed E-state index contributed by atoms with van der Waals surface area (Å²) in [5.74, 6) is 3.04. The molecule has 2 aliphatic rings. The number of carbonyl (C=O) groups is 1. The fourth-order valence-corrected chi connectivity index (χ4v) is 5.26. The zero-order valence-electron chi connectivity index (χ0n) is 16.0. The molecular formula is C22H40O2. The topological polar surface area (TPSA) is 37.3 Å². The van der Waals surface area contributed by atoms with Crippen LogP contribution in [0, 0.1) is 23.7 Å². The Balaban J connectivity index is 1.55. The molecule has 0 aromatic carbocycles. The van der Waals surface area contributed by atoms with E-state index in [1.165, 1.54) is 89.9 Å². The van der Waals surface area contributed by atoms with E-state index >= 15 is 0 Å². The molecule has 2 heteroatoms. The highest BCUT2D eigenvalue weighted by Crippen LogP contribution is 2.43. The monoisotopic (exact) mass is 336 g/mol. The molecule has 0 amide bonds. The van der Waals surface area contributed by atoms with Gasteiger partial charge in [0.15, 0.2) is 0 Å². The lowest BCUT2D eigenvalue weighted by atomic mass is 9.68. The van der Waals surface area contributed by atoms with Gasteiger partial charge in [0.2, 0.25) is 0 Å². The molecule has 0 atom stereocenters. The van der Waals surface area contributed by atoms with Crippen molar-refractivity contribution in [1.82, 2.24) is 0 Å². The third kappa shape index (κ3) is 7.15. The van der Waals surface area contributed by atoms with E-state index in [1.807, 2.05) is 0 Å². The SMILES string of the molecule is CCCCCCC[C@H]1CC[C@H](C2CCC(CCC(=O)O)CC2)CC1. The van der Waals surface area contributed by atoms with Crippen LogP contribution >= 0.6 is 0 Å². The van der Waals surface area contributed by atoms with Crippen molar-refractivity contribution in [2.24, 2.45) is 23.7 Å². The molecule has 0 radical (unpaired) electrons. The number of unbranched alkanes of at least 4 members (excludes halogenated alkanes) is 4. The van der Waals surface area contributed by atoms with Crippen LogP contribution in [0.15, 0.2) is 0 Å². The van der Waals surface area contributed by atoms with Crippen molar-refractivity contribution in [2.45, 2.75) is 110 Å². The Bertz CT molecular complexity index is 336. The molecule has 0 aliphatic heterocycles. The van der Waals surface area contributed by atoms with Gasteiger partial charge >= 0.3 is 5.97 Å². The number of carboxylic acid groups (broad SMARTS) is 1. The number of aliphatic carboxylic acids is 1. The van der Waals surface area contributed by atoms with Gasteiger partial charge in [-0.25, -0.2) is 0 Å². The fourth-order valence-electron chi connectivity index (χ4n) is 5.26. The Kier molecular flexibility index (Phi) is 9.20. The number of carboxylic acids is 1. The van der Waals surface area contributed by atoms with Crippen LogP contribution in [0.25, 0.3) is 0 Å². The summed E-state index contributed by atoms with van der Waals surface area (Å²) >= 11 is 0. The molecule has 2 aliphatic carbocycles. The van der Waals surface area contributed by atoms with E-state index in [9.17, 15) is 4.79 Å². The lowest BCUT2D eigenvalue weighted by molar-refractivity contribution is -0.137. The Morgan fingerprint density at radius 1 is 0.750 bits per heavy atom. The summed E-state index contributed by atoms with van der Waals surface area (Å²) in [6.45, 7) is 2.29. The average Bonchev–Trinajstić information content (AvgIpc) is 2.61. The van der Waals surface area contributed by atoms with Gasteiger partial charge in [0.05, 0.1) is 0 Å². The van der Waals surface area contributed by atoms with Crippen LogP contribution in [-0.4, -0.2) is 11.1 Å². The van der Waals surface area contributed by atoms with E-state index in [0.29, 0.717) is 12.3 Å². The van der Waals surface area contributed by atoms with Gasteiger partial charge in [-0.2, -0.15) is 0 Å².